The fourth-order valence-corrected chi connectivity index (χ4v) is 3.76. The molecule has 1 unspecified atom stereocenters. The molecule has 30 heavy (non-hydrogen) atoms. The summed E-state index contributed by atoms with van der Waals surface area (Å²) in [5.41, 5.74) is 4.51. The number of carbonyl (C=O) groups is 3. The van der Waals surface area contributed by atoms with Crippen LogP contribution >= 0.6 is 0 Å². The molecule has 1 aliphatic carbocycles. The van der Waals surface area contributed by atoms with Crippen molar-refractivity contribution < 1.29 is 24.2 Å². The maximum atomic E-state index is 12.5. The first-order valence-corrected chi connectivity index (χ1v) is 10.0. The Kier molecular flexibility index (Phi) is 6.72. The third kappa shape index (κ3) is 4.62. The lowest BCUT2D eigenvalue weighted by Crippen LogP contribution is -2.47. The summed E-state index contributed by atoms with van der Waals surface area (Å²) in [7, 11) is 1.52. The summed E-state index contributed by atoms with van der Waals surface area (Å²) >= 11 is 0. The highest BCUT2D eigenvalue weighted by Gasteiger charge is 2.30. The highest BCUT2D eigenvalue weighted by molar-refractivity contribution is 5.86. The van der Waals surface area contributed by atoms with E-state index < -0.39 is 18.1 Å². The second-order valence-corrected chi connectivity index (χ2v) is 7.33. The zero-order valence-electron chi connectivity index (χ0n) is 17.1. The van der Waals surface area contributed by atoms with Crippen molar-refractivity contribution >= 4 is 18.0 Å². The number of rotatable bonds is 8. The molecule has 7 nitrogen and oxygen atoms in total. The molecule has 2 N–H and O–H groups in total. The molecule has 0 aromatic heterocycles. The van der Waals surface area contributed by atoms with Crippen LogP contribution in [0.4, 0.5) is 4.79 Å². The third-order valence-electron chi connectivity index (χ3n) is 5.38. The van der Waals surface area contributed by atoms with Crippen molar-refractivity contribution in [2.75, 3.05) is 20.2 Å². The second kappa shape index (κ2) is 9.43. The molecular weight excluding hydrogens is 384 g/mol. The largest absolute Gasteiger partial charge is 0.481 e. The standard InChI is InChI=1S/C23H26N2O5/c1-3-20(22(28)25(2)13-12-21(26)27)24-23(29)30-14-19-17-10-6-4-8-15(17)16-9-5-7-11-18(16)19/h4-11,19-20H,3,12-14H2,1-2H3,(H,24,29)(H,26,27). The van der Waals surface area contributed by atoms with Gasteiger partial charge in [0.15, 0.2) is 0 Å². The quantitative estimate of drug-likeness (QED) is 0.697. The molecule has 1 aliphatic rings. The van der Waals surface area contributed by atoms with Crippen LogP contribution in [0.25, 0.3) is 11.1 Å². The highest BCUT2D eigenvalue weighted by atomic mass is 16.5. The molecule has 158 valence electrons. The number of carboxylic acid groups (broad SMARTS) is 1. The Balaban J connectivity index is 1.61. The number of nitrogens with zero attached hydrogens (tertiary/aromatic N) is 1. The number of amides is 2. The Morgan fingerprint density at radius 2 is 1.63 bits per heavy atom. The first kappa shape index (κ1) is 21.4. The van der Waals surface area contributed by atoms with Gasteiger partial charge in [-0.15, -0.1) is 0 Å². The number of ether oxygens (including phenoxy) is 1. The Morgan fingerprint density at radius 1 is 1.07 bits per heavy atom. The molecule has 3 rings (SSSR count). The molecule has 0 bridgehead atoms. The van der Waals surface area contributed by atoms with Gasteiger partial charge in [-0.25, -0.2) is 4.79 Å². The van der Waals surface area contributed by atoms with Crippen LogP contribution in [-0.2, 0) is 14.3 Å². The number of carbonyl (C=O) groups excluding carboxylic acids is 2. The Hall–Kier alpha value is -3.35. The van der Waals surface area contributed by atoms with Gasteiger partial charge in [-0.2, -0.15) is 0 Å². The third-order valence-corrected chi connectivity index (χ3v) is 5.38. The summed E-state index contributed by atoms with van der Waals surface area (Å²) < 4.78 is 5.49. The van der Waals surface area contributed by atoms with Crippen molar-refractivity contribution in [1.82, 2.24) is 10.2 Å². The Morgan fingerprint density at radius 3 is 2.17 bits per heavy atom. The Labute approximate surface area is 175 Å². The molecular formula is C23H26N2O5. The SMILES string of the molecule is CCC(NC(=O)OCC1c2ccccc2-c2ccccc21)C(=O)N(C)CCC(=O)O. The number of benzene rings is 2. The molecule has 0 fully saturated rings. The van der Waals surface area contributed by atoms with Crippen molar-refractivity contribution in [2.24, 2.45) is 0 Å². The number of nitrogens with one attached hydrogen (secondary N) is 1. The van der Waals surface area contributed by atoms with Crippen molar-refractivity contribution in [3.05, 3.63) is 59.7 Å². The fourth-order valence-electron chi connectivity index (χ4n) is 3.76. The molecule has 0 heterocycles. The van der Waals surface area contributed by atoms with Gasteiger partial charge in [-0.3, -0.25) is 9.59 Å². The van der Waals surface area contributed by atoms with Gasteiger partial charge in [-0.1, -0.05) is 55.5 Å². The van der Waals surface area contributed by atoms with E-state index in [2.05, 4.69) is 17.4 Å². The van der Waals surface area contributed by atoms with Gasteiger partial charge in [0.1, 0.15) is 12.6 Å². The van der Waals surface area contributed by atoms with E-state index >= 15 is 0 Å². The van der Waals surface area contributed by atoms with Crippen molar-refractivity contribution in [2.45, 2.75) is 31.7 Å². The van der Waals surface area contributed by atoms with Crippen molar-refractivity contribution in [3.8, 4) is 11.1 Å². The smallest absolute Gasteiger partial charge is 0.407 e. The zero-order chi connectivity index (χ0) is 21.7. The predicted octanol–water partition coefficient (Wildman–Crippen LogP) is 3.24. The van der Waals surface area contributed by atoms with E-state index in [1.807, 2.05) is 36.4 Å². The molecule has 2 aromatic rings. The number of hydrogen-bond donors (Lipinski definition) is 2. The number of carboxylic acids is 1. The average molecular weight is 410 g/mol. The number of fused-ring (bicyclic) bond motifs is 3. The van der Waals surface area contributed by atoms with Crippen LogP contribution in [0.3, 0.4) is 0 Å². The van der Waals surface area contributed by atoms with Gasteiger partial charge < -0.3 is 20.1 Å². The molecule has 1 atom stereocenters. The second-order valence-electron chi connectivity index (χ2n) is 7.33. The number of alkyl carbamates (subject to hydrolysis) is 1. The topological polar surface area (TPSA) is 95.9 Å². The van der Waals surface area contributed by atoms with E-state index in [9.17, 15) is 14.4 Å². The van der Waals surface area contributed by atoms with Gasteiger partial charge in [0.2, 0.25) is 5.91 Å². The van der Waals surface area contributed by atoms with Crippen LogP contribution < -0.4 is 5.32 Å². The fraction of sp³-hybridized carbons (Fsp3) is 0.348. The molecule has 0 spiro atoms. The lowest BCUT2D eigenvalue weighted by molar-refractivity contribution is -0.138. The van der Waals surface area contributed by atoms with Crippen LogP contribution in [0, 0.1) is 0 Å². The summed E-state index contributed by atoms with van der Waals surface area (Å²) in [6.45, 7) is 2.02. The van der Waals surface area contributed by atoms with E-state index in [1.165, 1.54) is 11.9 Å². The van der Waals surface area contributed by atoms with E-state index in [0.29, 0.717) is 6.42 Å². The van der Waals surface area contributed by atoms with Crippen LogP contribution in [0.2, 0.25) is 0 Å². The minimum Gasteiger partial charge on any atom is -0.481 e. The molecule has 0 aliphatic heterocycles. The first-order valence-electron chi connectivity index (χ1n) is 10.0. The molecule has 2 amide bonds. The maximum absolute atomic E-state index is 12.5. The number of likely N-dealkylation sites (N-methyl/N-ethyl adjacent to an activating group) is 1. The van der Waals surface area contributed by atoms with Gasteiger partial charge in [0.05, 0.1) is 6.42 Å². The van der Waals surface area contributed by atoms with Gasteiger partial charge in [0, 0.05) is 19.5 Å². The summed E-state index contributed by atoms with van der Waals surface area (Å²) in [6.07, 6.45) is -0.437. The zero-order valence-corrected chi connectivity index (χ0v) is 17.1. The summed E-state index contributed by atoms with van der Waals surface area (Å²) in [4.78, 5) is 36.9. The van der Waals surface area contributed by atoms with E-state index in [4.69, 9.17) is 9.84 Å². The van der Waals surface area contributed by atoms with Crippen LogP contribution in [-0.4, -0.2) is 54.2 Å². The van der Waals surface area contributed by atoms with Crippen molar-refractivity contribution in [3.63, 3.8) is 0 Å². The summed E-state index contributed by atoms with van der Waals surface area (Å²) in [6, 6.07) is 15.4. The maximum Gasteiger partial charge on any atom is 0.407 e. The summed E-state index contributed by atoms with van der Waals surface area (Å²) in [5.74, 6) is -1.38. The average Bonchev–Trinajstić information content (AvgIpc) is 3.07. The lowest BCUT2D eigenvalue weighted by atomic mass is 9.98. The molecule has 0 saturated heterocycles. The highest BCUT2D eigenvalue weighted by Crippen LogP contribution is 2.44. The van der Waals surface area contributed by atoms with Gasteiger partial charge >= 0.3 is 12.1 Å². The van der Waals surface area contributed by atoms with Gasteiger partial charge in [-0.05, 0) is 28.7 Å². The van der Waals surface area contributed by atoms with E-state index in [-0.39, 0.29) is 31.4 Å². The first-order chi connectivity index (χ1) is 14.4. The minimum atomic E-state index is -0.979. The predicted molar refractivity (Wildman–Crippen MR) is 112 cm³/mol. The number of aliphatic carboxylic acids is 1. The molecule has 0 radical (unpaired) electrons. The van der Waals surface area contributed by atoms with Crippen molar-refractivity contribution in [1.29, 1.82) is 0 Å². The lowest BCUT2D eigenvalue weighted by Gasteiger charge is -2.23. The van der Waals surface area contributed by atoms with Crippen LogP contribution in [0.15, 0.2) is 48.5 Å². The number of hydrogen-bond acceptors (Lipinski definition) is 4. The molecule has 2 aromatic carbocycles. The summed E-state index contributed by atoms with van der Waals surface area (Å²) in [5, 5.41) is 11.4. The van der Waals surface area contributed by atoms with Crippen LogP contribution in [0.5, 0.6) is 0 Å². The van der Waals surface area contributed by atoms with E-state index in [0.717, 1.165) is 22.3 Å². The normalized spacial score (nSPS) is 13.1. The van der Waals surface area contributed by atoms with Gasteiger partial charge in [0.25, 0.3) is 0 Å². The van der Waals surface area contributed by atoms with E-state index in [1.54, 1.807) is 6.92 Å². The van der Waals surface area contributed by atoms with Crippen LogP contribution in [0.1, 0.15) is 36.8 Å². The molecule has 7 heteroatoms. The monoisotopic (exact) mass is 410 g/mol. The molecule has 0 saturated carbocycles. The minimum absolute atomic E-state index is 0.0582. The Bertz CT molecular complexity index is 897.